The largest absolute Gasteiger partial charge is 0.480 e. The van der Waals surface area contributed by atoms with Crippen LogP contribution in [0.1, 0.15) is 12.6 Å². The summed E-state index contributed by atoms with van der Waals surface area (Å²) in [5, 5.41) is 12.5. The molecular formula is C19H17ClN2O6S. The molecule has 0 fully saturated rings. The Morgan fingerprint density at radius 1 is 1.17 bits per heavy atom. The Hall–Kier alpha value is -3.04. The number of amides is 1. The quantitative estimate of drug-likeness (QED) is 0.572. The molecule has 0 aliphatic rings. The summed E-state index contributed by atoms with van der Waals surface area (Å²) >= 11 is 5.82. The zero-order valence-corrected chi connectivity index (χ0v) is 17.0. The number of carboxylic acid groups (broad SMARTS) is 1. The molecule has 8 nitrogen and oxygen atoms in total. The van der Waals surface area contributed by atoms with E-state index in [2.05, 4.69) is 5.32 Å². The van der Waals surface area contributed by atoms with Gasteiger partial charge in [-0.2, -0.15) is 8.42 Å². The number of carbonyl (C=O) groups excluding carboxylic acids is 1. The zero-order chi connectivity index (χ0) is 21.3. The lowest BCUT2D eigenvalue weighted by Crippen LogP contribution is -2.13. The standard InChI is InChI=1S/C19H17ClN2O6S/c1-11-19(29(26,27)28-15-6-3-13(20)4-7-15)16-9-14(21-12(2)23)5-8-17(16)22(11)10-18(24)25/h3-9H,10H2,1-2H3,(H,21,23)(H,24,25). The number of aromatic nitrogens is 1. The number of hydrogen-bond acceptors (Lipinski definition) is 5. The highest BCUT2D eigenvalue weighted by Gasteiger charge is 2.28. The van der Waals surface area contributed by atoms with E-state index < -0.39 is 22.6 Å². The van der Waals surface area contributed by atoms with Crippen LogP contribution in [0, 0.1) is 6.92 Å². The zero-order valence-electron chi connectivity index (χ0n) is 15.5. The molecule has 0 saturated heterocycles. The minimum absolute atomic E-state index is 0.0611. The van der Waals surface area contributed by atoms with Crippen molar-refractivity contribution in [1.82, 2.24) is 4.57 Å². The van der Waals surface area contributed by atoms with Crippen LogP contribution in [0.3, 0.4) is 0 Å². The van der Waals surface area contributed by atoms with Gasteiger partial charge in [-0.1, -0.05) is 11.6 Å². The molecule has 152 valence electrons. The normalized spacial score (nSPS) is 11.4. The first kappa shape index (κ1) is 20.7. The Morgan fingerprint density at radius 3 is 2.41 bits per heavy atom. The predicted octanol–water partition coefficient (Wildman–Crippen LogP) is 3.41. The Kier molecular flexibility index (Phi) is 5.54. The molecule has 0 bridgehead atoms. The summed E-state index contributed by atoms with van der Waals surface area (Å²) in [6, 6.07) is 10.4. The van der Waals surface area contributed by atoms with Gasteiger partial charge in [0.25, 0.3) is 0 Å². The van der Waals surface area contributed by atoms with Crippen molar-refractivity contribution in [2.24, 2.45) is 0 Å². The fraction of sp³-hybridized carbons (Fsp3) is 0.158. The van der Waals surface area contributed by atoms with Gasteiger partial charge in [-0.15, -0.1) is 0 Å². The molecule has 1 heterocycles. The highest BCUT2D eigenvalue weighted by atomic mass is 35.5. The van der Waals surface area contributed by atoms with Crippen LogP contribution < -0.4 is 9.50 Å². The fourth-order valence-electron chi connectivity index (χ4n) is 3.05. The first-order valence-electron chi connectivity index (χ1n) is 8.41. The monoisotopic (exact) mass is 436 g/mol. The second-order valence-corrected chi connectivity index (χ2v) is 8.22. The van der Waals surface area contributed by atoms with Crippen LogP contribution in [0.25, 0.3) is 10.9 Å². The molecule has 0 radical (unpaired) electrons. The third kappa shape index (κ3) is 4.36. The molecule has 2 aromatic carbocycles. The van der Waals surface area contributed by atoms with Crippen molar-refractivity contribution in [2.75, 3.05) is 5.32 Å². The van der Waals surface area contributed by atoms with Gasteiger partial charge in [-0.3, -0.25) is 9.59 Å². The maximum Gasteiger partial charge on any atom is 0.341 e. The lowest BCUT2D eigenvalue weighted by atomic mass is 10.2. The number of hydrogen-bond donors (Lipinski definition) is 2. The van der Waals surface area contributed by atoms with E-state index in [1.54, 1.807) is 12.1 Å². The van der Waals surface area contributed by atoms with E-state index in [-0.39, 0.29) is 27.6 Å². The lowest BCUT2D eigenvalue weighted by molar-refractivity contribution is -0.137. The maximum atomic E-state index is 13.1. The van der Waals surface area contributed by atoms with E-state index in [4.69, 9.17) is 15.8 Å². The maximum absolute atomic E-state index is 13.1. The summed E-state index contributed by atoms with van der Waals surface area (Å²) < 4.78 is 32.7. The number of rotatable bonds is 6. The molecule has 1 amide bonds. The van der Waals surface area contributed by atoms with Gasteiger partial charge < -0.3 is 19.2 Å². The van der Waals surface area contributed by atoms with E-state index in [1.165, 1.54) is 48.7 Å². The van der Waals surface area contributed by atoms with Gasteiger partial charge in [-0.25, -0.2) is 0 Å². The molecule has 29 heavy (non-hydrogen) atoms. The van der Waals surface area contributed by atoms with E-state index in [9.17, 15) is 23.1 Å². The molecule has 0 aliphatic carbocycles. The third-order valence-electron chi connectivity index (χ3n) is 4.15. The van der Waals surface area contributed by atoms with Gasteiger partial charge in [-0.05, 0) is 49.4 Å². The minimum Gasteiger partial charge on any atom is -0.480 e. The number of halogens is 1. The van der Waals surface area contributed by atoms with Crippen molar-refractivity contribution in [2.45, 2.75) is 25.3 Å². The molecule has 0 spiro atoms. The minimum atomic E-state index is -4.31. The number of benzene rings is 2. The van der Waals surface area contributed by atoms with Crippen LogP contribution >= 0.6 is 11.6 Å². The second-order valence-electron chi connectivity index (χ2n) is 6.30. The van der Waals surface area contributed by atoms with Crippen LogP contribution in [-0.4, -0.2) is 30.0 Å². The first-order chi connectivity index (χ1) is 13.6. The molecule has 3 aromatic rings. The molecule has 2 N–H and O–H groups in total. The highest BCUT2D eigenvalue weighted by molar-refractivity contribution is 7.87. The number of nitrogens with zero attached hydrogens (tertiary/aromatic N) is 1. The van der Waals surface area contributed by atoms with E-state index in [0.29, 0.717) is 16.2 Å². The SMILES string of the molecule is CC(=O)Nc1ccc2c(c1)c(S(=O)(=O)Oc1ccc(Cl)cc1)c(C)n2CC(=O)O. The average Bonchev–Trinajstić information content (AvgIpc) is 2.88. The van der Waals surface area contributed by atoms with Gasteiger partial charge in [0.15, 0.2) is 0 Å². The Labute approximate surface area is 171 Å². The summed E-state index contributed by atoms with van der Waals surface area (Å²) in [7, 11) is -4.31. The Morgan fingerprint density at radius 2 is 1.83 bits per heavy atom. The number of carboxylic acids is 1. The number of carbonyl (C=O) groups is 2. The van der Waals surface area contributed by atoms with E-state index in [0.717, 1.165) is 0 Å². The smallest absolute Gasteiger partial charge is 0.341 e. The first-order valence-corrected chi connectivity index (χ1v) is 10.2. The van der Waals surface area contributed by atoms with Crippen molar-refractivity contribution in [3.05, 3.63) is 53.2 Å². The molecule has 10 heteroatoms. The summed E-state index contributed by atoms with van der Waals surface area (Å²) in [5.41, 5.74) is 0.967. The van der Waals surface area contributed by atoms with Crippen molar-refractivity contribution in [1.29, 1.82) is 0 Å². The summed E-state index contributed by atoms with van der Waals surface area (Å²) in [6.45, 7) is 2.39. The van der Waals surface area contributed by atoms with Gasteiger partial charge in [0.05, 0.1) is 5.52 Å². The fourth-order valence-corrected chi connectivity index (χ4v) is 4.52. The molecule has 3 rings (SSSR count). The molecular weight excluding hydrogens is 420 g/mol. The molecule has 0 saturated carbocycles. The van der Waals surface area contributed by atoms with Gasteiger partial charge in [0.2, 0.25) is 5.91 Å². The van der Waals surface area contributed by atoms with Crippen LogP contribution in [0.4, 0.5) is 5.69 Å². The topological polar surface area (TPSA) is 115 Å². The van der Waals surface area contributed by atoms with Crippen molar-refractivity contribution >= 4 is 50.2 Å². The van der Waals surface area contributed by atoms with E-state index in [1.807, 2.05) is 0 Å². The molecule has 0 aliphatic heterocycles. The summed E-state index contributed by atoms with van der Waals surface area (Å²) in [6.07, 6.45) is 0. The second kappa shape index (κ2) is 7.76. The number of anilines is 1. The average molecular weight is 437 g/mol. The van der Waals surface area contributed by atoms with Crippen LogP contribution in [0.15, 0.2) is 47.4 Å². The predicted molar refractivity (Wildman–Crippen MR) is 108 cm³/mol. The number of fused-ring (bicyclic) bond motifs is 1. The third-order valence-corrected chi connectivity index (χ3v) is 5.83. The van der Waals surface area contributed by atoms with Crippen molar-refractivity contribution < 1.29 is 27.3 Å². The number of nitrogens with one attached hydrogen (secondary N) is 1. The molecule has 0 unspecified atom stereocenters. The summed E-state index contributed by atoms with van der Waals surface area (Å²) in [4.78, 5) is 22.5. The highest BCUT2D eigenvalue weighted by Crippen LogP contribution is 2.34. The number of aliphatic carboxylic acids is 1. The summed E-state index contributed by atoms with van der Waals surface area (Å²) in [5.74, 6) is -1.39. The van der Waals surface area contributed by atoms with Crippen LogP contribution in [0.5, 0.6) is 5.75 Å². The van der Waals surface area contributed by atoms with Gasteiger partial charge >= 0.3 is 16.1 Å². The Balaban J connectivity index is 2.20. The van der Waals surface area contributed by atoms with Crippen LogP contribution in [-0.2, 0) is 26.3 Å². The van der Waals surface area contributed by atoms with Crippen molar-refractivity contribution in [3.8, 4) is 5.75 Å². The van der Waals surface area contributed by atoms with Gasteiger partial charge in [0.1, 0.15) is 17.2 Å². The van der Waals surface area contributed by atoms with Crippen molar-refractivity contribution in [3.63, 3.8) is 0 Å². The molecule has 1 aromatic heterocycles. The lowest BCUT2D eigenvalue weighted by Gasteiger charge is -2.08. The van der Waals surface area contributed by atoms with E-state index >= 15 is 0 Å². The Bertz CT molecular complexity index is 1220. The van der Waals surface area contributed by atoms with Gasteiger partial charge in [0, 0.05) is 28.7 Å². The molecule has 0 atom stereocenters. The van der Waals surface area contributed by atoms with Crippen LogP contribution in [0.2, 0.25) is 5.02 Å².